The molecule has 0 amide bonds. The minimum absolute atomic E-state index is 0.0346. The molecule has 3 rings (SSSR count). The van der Waals surface area contributed by atoms with Crippen molar-refractivity contribution in [2.75, 3.05) is 0 Å². The molecule has 0 aliphatic heterocycles. The Morgan fingerprint density at radius 3 is 2.67 bits per heavy atom. The van der Waals surface area contributed by atoms with E-state index in [0.717, 1.165) is 0 Å². The Labute approximate surface area is 137 Å². The first-order valence-electron chi connectivity index (χ1n) is 7.06. The Hall–Kier alpha value is -3.72. The number of hydrogen-bond acceptors (Lipinski definition) is 5. The van der Waals surface area contributed by atoms with E-state index in [1.54, 1.807) is 60.8 Å². The zero-order valence-electron chi connectivity index (χ0n) is 12.4. The van der Waals surface area contributed by atoms with Crippen molar-refractivity contribution in [1.29, 1.82) is 5.26 Å². The monoisotopic (exact) mass is 317 g/mol. The average Bonchev–Trinajstić information content (AvgIpc) is 3.09. The fourth-order valence-electron chi connectivity index (χ4n) is 2.24. The van der Waals surface area contributed by atoms with Gasteiger partial charge in [-0.15, -0.1) is 0 Å². The first-order valence-corrected chi connectivity index (χ1v) is 7.06. The van der Waals surface area contributed by atoms with Crippen LogP contribution in [-0.4, -0.2) is 9.91 Å². The molecule has 0 fully saturated rings. The van der Waals surface area contributed by atoms with Crippen molar-refractivity contribution in [2.45, 2.75) is 0 Å². The van der Waals surface area contributed by atoms with Gasteiger partial charge in [0.15, 0.2) is 0 Å². The molecule has 0 aliphatic carbocycles. The third kappa shape index (κ3) is 3.05. The lowest BCUT2D eigenvalue weighted by Gasteiger charge is -1.99. The molecule has 0 saturated heterocycles. The highest BCUT2D eigenvalue weighted by Crippen LogP contribution is 2.31. The number of nitro benzene ring substituents is 1. The Bertz CT molecular complexity index is 953. The van der Waals surface area contributed by atoms with Gasteiger partial charge < -0.3 is 4.42 Å². The summed E-state index contributed by atoms with van der Waals surface area (Å²) in [5.74, 6) is 0.789. The molecule has 1 aromatic carbocycles. The minimum Gasteiger partial charge on any atom is -0.456 e. The summed E-state index contributed by atoms with van der Waals surface area (Å²) < 4.78 is 5.65. The van der Waals surface area contributed by atoms with Crippen LogP contribution in [0.1, 0.15) is 11.5 Å². The van der Waals surface area contributed by atoms with E-state index < -0.39 is 4.92 Å². The molecule has 0 radical (unpaired) electrons. The van der Waals surface area contributed by atoms with Crippen molar-refractivity contribution in [3.63, 3.8) is 0 Å². The van der Waals surface area contributed by atoms with Gasteiger partial charge in [0.25, 0.3) is 5.69 Å². The summed E-state index contributed by atoms with van der Waals surface area (Å²) in [6.07, 6.45) is 3.15. The number of nitro groups is 1. The summed E-state index contributed by atoms with van der Waals surface area (Å²) in [6, 6.07) is 17.0. The molecule has 0 spiro atoms. The predicted octanol–water partition coefficient (Wildman–Crippen LogP) is 4.31. The Kier molecular flexibility index (Phi) is 4.17. The third-order valence-corrected chi connectivity index (χ3v) is 3.34. The van der Waals surface area contributed by atoms with E-state index >= 15 is 0 Å². The summed E-state index contributed by atoms with van der Waals surface area (Å²) in [5.41, 5.74) is 1.23. The molecular formula is C18H11N3O3. The van der Waals surface area contributed by atoms with Crippen LogP contribution in [0, 0.1) is 21.4 Å². The Balaban J connectivity index is 1.99. The van der Waals surface area contributed by atoms with E-state index in [1.807, 2.05) is 0 Å². The number of benzene rings is 1. The smallest absolute Gasteiger partial charge is 0.280 e. The molecule has 0 atom stereocenters. The van der Waals surface area contributed by atoms with Crippen LogP contribution in [0.25, 0.3) is 23.0 Å². The summed E-state index contributed by atoms with van der Waals surface area (Å²) in [5, 5.41) is 20.4. The van der Waals surface area contributed by atoms with E-state index in [1.165, 1.54) is 6.07 Å². The number of hydrogen-bond donors (Lipinski definition) is 0. The van der Waals surface area contributed by atoms with Crippen molar-refractivity contribution in [2.24, 2.45) is 0 Å². The average molecular weight is 317 g/mol. The van der Waals surface area contributed by atoms with Crippen LogP contribution in [-0.2, 0) is 0 Å². The number of furan rings is 1. The van der Waals surface area contributed by atoms with E-state index in [4.69, 9.17) is 4.42 Å². The van der Waals surface area contributed by atoms with E-state index in [9.17, 15) is 15.4 Å². The van der Waals surface area contributed by atoms with Gasteiger partial charge in [-0.2, -0.15) is 5.26 Å². The van der Waals surface area contributed by atoms with Gasteiger partial charge >= 0.3 is 0 Å². The van der Waals surface area contributed by atoms with Gasteiger partial charge in [0.2, 0.25) is 0 Å². The van der Waals surface area contributed by atoms with Crippen molar-refractivity contribution in [3.05, 3.63) is 82.4 Å². The molecule has 0 N–H and O–H groups in total. The van der Waals surface area contributed by atoms with Crippen molar-refractivity contribution < 1.29 is 9.34 Å². The molecule has 6 nitrogen and oxygen atoms in total. The predicted molar refractivity (Wildman–Crippen MR) is 88.5 cm³/mol. The van der Waals surface area contributed by atoms with Gasteiger partial charge in [0.1, 0.15) is 17.6 Å². The number of rotatable bonds is 4. The maximum absolute atomic E-state index is 11.1. The van der Waals surface area contributed by atoms with Crippen LogP contribution >= 0.6 is 0 Å². The molecule has 0 saturated carbocycles. The molecule has 0 aliphatic rings. The Morgan fingerprint density at radius 2 is 1.96 bits per heavy atom. The van der Waals surface area contributed by atoms with E-state index in [2.05, 4.69) is 11.1 Å². The van der Waals surface area contributed by atoms with Crippen LogP contribution in [0.15, 0.2) is 65.2 Å². The lowest BCUT2D eigenvalue weighted by molar-refractivity contribution is -0.384. The highest BCUT2D eigenvalue weighted by atomic mass is 16.6. The van der Waals surface area contributed by atoms with Crippen LogP contribution in [0.3, 0.4) is 0 Å². The summed E-state index contributed by atoms with van der Waals surface area (Å²) in [4.78, 5) is 14.8. The second-order valence-electron chi connectivity index (χ2n) is 4.86. The number of aromatic nitrogens is 1. The fourth-order valence-corrected chi connectivity index (χ4v) is 2.24. The standard InChI is InChI=1S/C18H11N3O3/c19-12-13(16-6-3-4-10-20-16)11-14-8-9-18(24-14)15-5-1-2-7-17(15)21(22)23/h1-11H/b13-11+. The second-order valence-corrected chi connectivity index (χ2v) is 4.86. The largest absolute Gasteiger partial charge is 0.456 e. The first kappa shape index (κ1) is 15.2. The zero-order chi connectivity index (χ0) is 16.9. The number of nitriles is 1. The van der Waals surface area contributed by atoms with Crippen molar-refractivity contribution in [3.8, 4) is 17.4 Å². The number of pyridine rings is 1. The van der Waals surface area contributed by atoms with Gasteiger partial charge in [-0.25, -0.2) is 0 Å². The maximum atomic E-state index is 11.1. The van der Waals surface area contributed by atoms with Crippen molar-refractivity contribution >= 4 is 17.3 Å². The maximum Gasteiger partial charge on any atom is 0.280 e. The number of allylic oxidation sites excluding steroid dienone is 1. The van der Waals surface area contributed by atoms with Gasteiger partial charge in [-0.3, -0.25) is 15.1 Å². The third-order valence-electron chi connectivity index (χ3n) is 3.34. The van der Waals surface area contributed by atoms with Crippen molar-refractivity contribution in [1.82, 2.24) is 4.98 Å². The first-order chi connectivity index (χ1) is 11.7. The van der Waals surface area contributed by atoms with Gasteiger partial charge in [-0.05, 0) is 30.3 Å². The van der Waals surface area contributed by atoms with Gasteiger partial charge in [0, 0.05) is 18.3 Å². The number of nitrogens with zero attached hydrogens (tertiary/aromatic N) is 3. The highest BCUT2D eigenvalue weighted by Gasteiger charge is 2.17. The van der Waals surface area contributed by atoms with Gasteiger partial charge in [0.05, 0.1) is 21.8 Å². The lowest BCUT2D eigenvalue weighted by atomic mass is 10.1. The fraction of sp³-hybridized carbons (Fsp3) is 0. The van der Waals surface area contributed by atoms with E-state index in [0.29, 0.717) is 28.4 Å². The van der Waals surface area contributed by atoms with E-state index in [-0.39, 0.29) is 5.69 Å². The molecule has 116 valence electrons. The highest BCUT2D eigenvalue weighted by molar-refractivity contribution is 5.87. The van der Waals surface area contributed by atoms with Gasteiger partial charge in [-0.1, -0.05) is 18.2 Å². The van der Waals surface area contributed by atoms with Crippen LogP contribution in [0.4, 0.5) is 5.69 Å². The van der Waals surface area contributed by atoms with Crippen LogP contribution in [0.5, 0.6) is 0 Å². The zero-order valence-corrected chi connectivity index (χ0v) is 12.4. The molecule has 2 heterocycles. The minimum atomic E-state index is -0.456. The normalized spacial score (nSPS) is 11.0. The summed E-state index contributed by atoms with van der Waals surface area (Å²) in [6.45, 7) is 0. The topological polar surface area (TPSA) is 93.0 Å². The molecule has 0 bridgehead atoms. The molecule has 3 aromatic rings. The van der Waals surface area contributed by atoms with Crippen LogP contribution in [0.2, 0.25) is 0 Å². The number of para-hydroxylation sites is 1. The summed E-state index contributed by atoms with van der Waals surface area (Å²) >= 11 is 0. The Morgan fingerprint density at radius 1 is 1.17 bits per heavy atom. The lowest BCUT2D eigenvalue weighted by Crippen LogP contribution is -1.90. The second kappa shape index (κ2) is 6.58. The quantitative estimate of drug-likeness (QED) is 0.406. The molecule has 0 unspecified atom stereocenters. The summed E-state index contributed by atoms with van der Waals surface area (Å²) in [7, 11) is 0. The SMILES string of the molecule is N#C/C(=C\c1ccc(-c2ccccc2[N+](=O)[O-])o1)c1ccccn1. The molecule has 2 aromatic heterocycles. The van der Waals surface area contributed by atoms with Crippen LogP contribution < -0.4 is 0 Å². The molecular weight excluding hydrogens is 306 g/mol. The molecule has 24 heavy (non-hydrogen) atoms. The molecule has 6 heteroatoms.